The van der Waals surface area contributed by atoms with Gasteiger partial charge >= 0.3 is 11.9 Å². The SMILES string of the molecule is COC(=O)c1ccc(/C=C(/C(=O)O)c2ccc(C3CCCCC3)cc2)cc1. The van der Waals surface area contributed by atoms with Crippen molar-refractivity contribution in [3.8, 4) is 0 Å². The molecule has 0 amide bonds. The van der Waals surface area contributed by atoms with E-state index in [2.05, 4.69) is 16.9 Å². The molecule has 0 heterocycles. The molecule has 3 rings (SSSR count). The second kappa shape index (κ2) is 8.67. The average molecular weight is 364 g/mol. The molecule has 1 N–H and O–H groups in total. The predicted octanol–water partition coefficient (Wildman–Crippen LogP) is 5.15. The first-order valence-electron chi connectivity index (χ1n) is 9.32. The summed E-state index contributed by atoms with van der Waals surface area (Å²) in [5, 5.41) is 9.64. The lowest BCUT2D eigenvalue weighted by Crippen LogP contribution is -2.05. The maximum atomic E-state index is 11.8. The van der Waals surface area contributed by atoms with E-state index in [0.29, 0.717) is 17.0 Å². The van der Waals surface area contributed by atoms with E-state index in [1.54, 1.807) is 30.3 Å². The number of rotatable bonds is 5. The van der Waals surface area contributed by atoms with Crippen molar-refractivity contribution in [3.63, 3.8) is 0 Å². The van der Waals surface area contributed by atoms with Crippen molar-refractivity contribution in [2.24, 2.45) is 0 Å². The highest BCUT2D eigenvalue weighted by molar-refractivity contribution is 6.20. The molecule has 2 aromatic carbocycles. The Morgan fingerprint density at radius 1 is 0.926 bits per heavy atom. The molecule has 140 valence electrons. The van der Waals surface area contributed by atoms with Crippen LogP contribution in [0.15, 0.2) is 48.5 Å². The Labute approximate surface area is 159 Å². The first-order valence-corrected chi connectivity index (χ1v) is 9.32. The topological polar surface area (TPSA) is 63.6 Å². The van der Waals surface area contributed by atoms with Gasteiger partial charge in [-0.3, -0.25) is 0 Å². The summed E-state index contributed by atoms with van der Waals surface area (Å²) in [6.07, 6.45) is 7.91. The molecule has 0 unspecified atom stereocenters. The molecule has 0 aromatic heterocycles. The largest absolute Gasteiger partial charge is 0.478 e. The quantitative estimate of drug-likeness (QED) is 0.453. The Bertz CT molecular complexity index is 826. The van der Waals surface area contributed by atoms with Gasteiger partial charge in [-0.25, -0.2) is 9.59 Å². The van der Waals surface area contributed by atoms with Crippen LogP contribution in [0.2, 0.25) is 0 Å². The molecule has 4 nitrogen and oxygen atoms in total. The minimum atomic E-state index is -0.975. The standard InChI is InChI=1S/C23H24O4/c1-27-23(26)20-9-7-16(8-10-20)15-21(22(24)25)19-13-11-18(12-14-19)17-5-3-2-4-6-17/h7-15,17H,2-6H2,1H3,(H,24,25)/b21-15+. The zero-order chi connectivity index (χ0) is 19.2. The average Bonchev–Trinajstić information content (AvgIpc) is 2.72. The van der Waals surface area contributed by atoms with Crippen LogP contribution in [0.1, 0.15) is 65.1 Å². The maximum Gasteiger partial charge on any atom is 0.337 e. The van der Waals surface area contributed by atoms with Crippen LogP contribution >= 0.6 is 0 Å². The Hall–Kier alpha value is -2.88. The van der Waals surface area contributed by atoms with E-state index in [-0.39, 0.29) is 5.57 Å². The number of esters is 1. The lowest BCUT2D eigenvalue weighted by Gasteiger charge is -2.22. The van der Waals surface area contributed by atoms with Crippen LogP contribution in [0.4, 0.5) is 0 Å². The highest BCUT2D eigenvalue weighted by Crippen LogP contribution is 2.33. The van der Waals surface area contributed by atoms with E-state index in [1.165, 1.54) is 44.8 Å². The van der Waals surface area contributed by atoms with Gasteiger partial charge in [0.1, 0.15) is 0 Å². The summed E-state index contributed by atoms with van der Waals surface area (Å²) in [5.41, 5.74) is 3.36. The lowest BCUT2D eigenvalue weighted by molar-refractivity contribution is -0.130. The van der Waals surface area contributed by atoms with Crippen molar-refractivity contribution >= 4 is 23.6 Å². The second-order valence-corrected chi connectivity index (χ2v) is 6.93. The first kappa shape index (κ1) is 18.9. The van der Waals surface area contributed by atoms with Crippen molar-refractivity contribution < 1.29 is 19.4 Å². The van der Waals surface area contributed by atoms with Crippen LogP contribution in [0, 0.1) is 0 Å². The zero-order valence-electron chi connectivity index (χ0n) is 15.5. The molecule has 4 heteroatoms. The monoisotopic (exact) mass is 364 g/mol. The number of hydrogen-bond donors (Lipinski definition) is 1. The van der Waals surface area contributed by atoms with Crippen LogP contribution in [0.25, 0.3) is 11.6 Å². The van der Waals surface area contributed by atoms with Gasteiger partial charge in [0.25, 0.3) is 0 Å². The number of methoxy groups -OCH3 is 1. The molecule has 2 aromatic rings. The predicted molar refractivity (Wildman–Crippen MR) is 106 cm³/mol. The van der Waals surface area contributed by atoms with Gasteiger partial charge in [0.15, 0.2) is 0 Å². The summed E-state index contributed by atoms with van der Waals surface area (Å²) in [7, 11) is 1.33. The van der Waals surface area contributed by atoms with Crippen molar-refractivity contribution in [2.75, 3.05) is 7.11 Å². The molecular weight excluding hydrogens is 340 g/mol. The van der Waals surface area contributed by atoms with Gasteiger partial charge in [-0.2, -0.15) is 0 Å². The summed E-state index contributed by atoms with van der Waals surface area (Å²) in [6.45, 7) is 0. The number of benzene rings is 2. The van der Waals surface area contributed by atoms with E-state index in [9.17, 15) is 14.7 Å². The summed E-state index contributed by atoms with van der Waals surface area (Å²) in [6, 6.07) is 14.6. The van der Waals surface area contributed by atoms with E-state index < -0.39 is 11.9 Å². The fraction of sp³-hybridized carbons (Fsp3) is 0.304. The van der Waals surface area contributed by atoms with Crippen LogP contribution in [0.5, 0.6) is 0 Å². The van der Waals surface area contributed by atoms with Gasteiger partial charge in [-0.1, -0.05) is 55.7 Å². The number of hydrogen-bond acceptors (Lipinski definition) is 3. The number of carbonyl (C=O) groups excluding carboxylic acids is 1. The Balaban J connectivity index is 1.83. The normalized spacial score (nSPS) is 15.4. The molecule has 0 saturated heterocycles. The van der Waals surface area contributed by atoms with Crippen LogP contribution < -0.4 is 0 Å². The van der Waals surface area contributed by atoms with Crippen LogP contribution in [-0.4, -0.2) is 24.2 Å². The Kier molecular flexibility index (Phi) is 6.07. The number of ether oxygens (including phenoxy) is 1. The molecule has 0 bridgehead atoms. The van der Waals surface area contributed by atoms with Gasteiger partial charge in [-0.05, 0) is 53.7 Å². The molecule has 1 aliphatic carbocycles. The molecule has 0 radical (unpaired) electrons. The summed E-state index contributed by atoms with van der Waals surface area (Å²) < 4.78 is 4.68. The van der Waals surface area contributed by atoms with E-state index in [1.807, 2.05) is 12.1 Å². The lowest BCUT2D eigenvalue weighted by atomic mass is 9.83. The summed E-state index contributed by atoms with van der Waals surface area (Å²) in [4.78, 5) is 23.3. The van der Waals surface area contributed by atoms with Gasteiger partial charge in [0.05, 0.1) is 18.2 Å². The molecule has 0 spiro atoms. The van der Waals surface area contributed by atoms with Crippen molar-refractivity contribution in [1.82, 2.24) is 0 Å². The van der Waals surface area contributed by atoms with Gasteiger partial charge in [-0.15, -0.1) is 0 Å². The first-order chi connectivity index (χ1) is 13.1. The van der Waals surface area contributed by atoms with Gasteiger partial charge in [0.2, 0.25) is 0 Å². The minimum Gasteiger partial charge on any atom is -0.478 e. The summed E-state index contributed by atoms with van der Waals surface area (Å²) in [5.74, 6) is -0.796. The third-order valence-corrected chi connectivity index (χ3v) is 5.17. The van der Waals surface area contributed by atoms with Gasteiger partial charge in [0, 0.05) is 0 Å². The summed E-state index contributed by atoms with van der Waals surface area (Å²) >= 11 is 0. The van der Waals surface area contributed by atoms with Crippen LogP contribution in [-0.2, 0) is 9.53 Å². The number of carboxylic acids is 1. The molecule has 0 atom stereocenters. The Morgan fingerprint density at radius 3 is 2.07 bits per heavy atom. The molecule has 1 saturated carbocycles. The number of aliphatic carboxylic acids is 1. The molecule has 27 heavy (non-hydrogen) atoms. The van der Waals surface area contributed by atoms with E-state index in [0.717, 1.165) is 5.56 Å². The molecular formula is C23H24O4. The second-order valence-electron chi connectivity index (χ2n) is 6.93. The smallest absolute Gasteiger partial charge is 0.337 e. The zero-order valence-corrected chi connectivity index (χ0v) is 15.5. The molecule has 1 aliphatic rings. The minimum absolute atomic E-state index is 0.232. The van der Waals surface area contributed by atoms with Crippen molar-refractivity contribution in [1.29, 1.82) is 0 Å². The molecule has 0 aliphatic heterocycles. The third kappa shape index (κ3) is 4.64. The molecule has 1 fully saturated rings. The number of carbonyl (C=O) groups is 2. The van der Waals surface area contributed by atoms with Crippen molar-refractivity contribution in [3.05, 3.63) is 70.8 Å². The van der Waals surface area contributed by atoms with Gasteiger partial charge < -0.3 is 9.84 Å². The van der Waals surface area contributed by atoms with Crippen molar-refractivity contribution in [2.45, 2.75) is 38.0 Å². The highest BCUT2D eigenvalue weighted by Gasteiger charge is 2.16. The van der Waals surface area contributed by atoms with E-state index in [4.69, 9.17) is 0 Å². The Morgan fingerprint density at radius 2 is 1.52 bits per heavy atom. The maximum absolute atomic E-state index is 11.8. The fourth-order valence-electron chi connectivity index (χ4n) is 3.64. The third-order valence-electron chi connectivity index (χ3n) is 5.17. The highest BCUT2D eigenvalue weighted by atomic mass is 16.5. The number of carboxylic acid groups (broad SMARTS) is 1. The van der Waals surface area contributed by atoms with E-state index >= 15 is 0 Å². The van der Waals surface area contributed by atoms with Crippen LogP contribution in [0.3, 0.4) is 0 Å². The fourth-order valence-corrected chi connectivity index (χ4v) is 3.64.